The van der Waals surface area contributed by atoms with Crippen molar-refractivity contribution in [3.63, 3.8) is 0 Å². The van der Waals surface area contributed by atoms with E-state index >= 15 is 0 Å². The fraction of sp³-hybridized carbons (Fsp3) is 0.462. The third-order valence-corrected chi connectivity index (χ3v) is 3.37. The maximum absolute atomic E-state index is 11.3. The first kappa shape index (κ1) is 17.0. The minimum Gasteiger partial charge on any atom is -0.491 e. The molecule has 0 bridgehead atoms. The standard InChI is InChI=1S/C13H18Cl2N2O3/c1-8(13(19)16-2)17-6-9(18)7-20-10-3-4-11(14)12(15)5-10/h3-5,8-9,17-18H,6-7H2,1-2H3,(H,16,19). The summed E-state index contributed by atoms with van der Waals surface area (Å²) in [5, 5.41) is 16.0. The van der Waals surface area contributed by atoms with Gasteiger partial charge in [-0.3, -0.25) is 4.79 Å². The highest BCUT2D eigenvalue weighted by molar-refractivity contribution is 6.42. The molecular formula is C13H18Cl2N2O3. The van der Waals surface area contributed by atoms with Crippen LogP contribution >= 0.6 is 23.2 Å². The molecule has 2 atom stereocenters. The Kier molecular flexibility index (Phi) is 7.09. The summed E-state index contributed by atoms with van der Waals surface area (Å²) in [7, 11) is 1.56. The number of aliphatic hydroxyl groups is 1. The average molecular weight is 321 g/mol. The van der Waals surface area contributed by atoms with Gasteiger partial charge >= 0.3 is 0 Å². The molecule has 0 aliphatic heterocycles. The van der Waals surface area contributed by atoms with Gasteiger partial charge < -0.3 is 20.5 Å². The number of amides is 1. The van der Waals surface area contributed by atoms with Gasteiger partial charge in [0.05, 0.1) is 16.1 Å². The first-order chi connectivity index (χ1) is 9.43. The zero-order chi connectivity index (χ0) is 15.1. The van der Waals surface area contributed by atoms with Crippen LogP contribution in [0.25, 0.3) is 0 Å². The molecule has 7 heteroatoms. The molecule has 3 N–H and O–H groups in total. The molecule has 0 saturated heterocycles. The summed E-state index contributed by atoms with van der Waals surface area (Å²) in [6, 6.07) is 4.50. The van der Waals surface area contributed by atoms with Crippen molar-refractivity contribution in [2.75, 3.05) is 20.2 Å². The highest BCUT2D eigenvalue weighted by atomic mass is 35.5. The first-order valence-corrected chi connectivity index (χ1v) is 6.90. The molecule has 1 amide bonds. The van der Waals surface area contributed by atoms with E-state index < -0.39 is 6.10 Å². The minimum atomic E-state index is -0.739. The van der Waals surface area contributed by atoms with Crippen molar-refractivity contribution in [1.29, 1.82) is 0 Å². The molecule has 1 aromatic rings. The summed E-state index contributed by atoms with van der Waals surface area (Å²) in [5.41, 5.74) is 0. The molecule has 0 heterocycles. The van der Waals surface area contributed by atoms with Crippen LogP contribution in [0.4, 0.5) is 0 Å². The fourth-order valence-corrected chi connectivity index (χ4v) is 1.73. The van der Waals surface area contributed by atoms with E-state index in [9.17, 15) is 9.90 Å². The normalized spacial score (nSPS) is 13.7. The van der Waals surface area contributed by atoms with E-state index in [2.05, 4.69) is 10.6 Å². The molecule has 1 rings (SSSR count). The predicted octanol–water partition coefficient (Wildman–Crippen LogP) is 1.46. The number of hydrogen-bond acceptors (Lipinski definition) is 4. The second kappa shape index (κ2) is 8.32. The van der Waals surface area contributed by atoms with Crippen LogP contribution in [0.1, 0.15) is 6.92 Å². The Morgan fingerprint density at radius 2 is 2.10 bits per heavy atom. The van der Waals surface area contributed by atoms with Crippen LogP contribution in [0.5, 0.6) is 5.75 Å². The van der Waals surface area contributed by atoms with Crippen LogP contribution in [0.15, 0.2) is 18.2 Å². The van der Waals surface area contributed by atoms with Crippen molar-refractivity contribution in [2.45, 2.75) is 19.1 Å². The van der Waals surface area contributed by atoms with Crippen molar-refractivity contribution in [2.24, 2.45) is 0 Å². The molecule has 0 fully saturated rings. The van der Waals surface area contributed by atoms with Crippen LogP contribution in [0.2, 0.25) is 10.0 Å². The summed E-state index contributed by atoms with van der Waals surface area (Å²) in [4.78, 5) is 11.3. The molecule has 20 heavy (non-hydrogen) atoms. The number of benzene rings is 1. The molecule has 1 aromatic carbocycles. The number of carbonyl (C=O) groups is 1. The Labute approximate surface area is 128 Å². The number of rotatable bonds is 7. The molecule has 0 aromatic heterocycles. The topological polar surface area (TPSA) is 70.6 Å². The van der Waals surface area contributed by atoms with Gasteiger partial charge in [0.15, 0.2) is 0 Å². The lowest BCUT2D eigenvalue weighted by atomic mass is 10.3. The largest absolute Gasteiger partial charge is 0.491 e. The summed E-state index contributed by atoms with van der Waals surface area (Å²) >= 11 is 11.6. The number of ether oxygens (including phenoxy) is 1. The van der Waals surface area contributed by atoms with Crippen molar-refractivity contribution < 1.29 is 14.6 Å². The van der Waals surface area contributed by atoms with Crippen molar-refractivity contribution in [3.8, 4) is 5.75 Å². The smallest absolute Gasteiger partial charge is 0.236 e. The van der Waals surface area contributed by atoms with E-state index in [1.165, 1.54) is 0 Å². The minimum absolute atomic E-state index is 0.0887. The van der Waals surface area contributed by atoms with Gasteiger partial charge in [0.2, 0.25) is 5.91 Å². The maximum Gasteiger partial charge on any atom is 0.236 e. The zero-order valence-corrected chi connectivity index (χ0v) is 12.8. The highest BCUT2D eigenvalue weighted by Crippen LogP contribution is 2.26. The molecule has 0 spiro atoms. The van der Waals surface area contributed by atoms with E-state index in [-0.39, 0.29) is 25.1 Å². The Balaban J connectivity index is 2.34. The number of likely N-dealkylation sites (N-methyl/N-ethyl adjacent to an activating group) is 1. The van der Waals surface area contributed by atoms with Crippen LogP contribution in [0.3, 0.4) is 0 Å². The Morgan fingerprint density at radius 1 is 1.40 bits per heavy atom. The van der Waals surface area contributed by atoms with Gasteiger partial charge in [0.25, 0.3) is 0 Å². The molecule has 2 unspecified atom stereocenters. The van der Waals surface area contributed by atoms with Crippen LogP contribution in [-0.2, 0) is 4.79 Å². The van der Waals surface area contributed by atoms with E-state index in [0.29, 0.717) is 15.8 Å². The summed E-state index contributed by atoms with van der Waals surface area (Å²) in [5.74, 6) is 0.389. The van der Waals surface area contributed by atoms with Crippen molar-refractivity contribution in [3.05, 3.63) is 28.2 Å². The lowest BCUT2D eigenvalue weighted by Crippen LogP contribution is -2.44. The summed E-state index contributed by atoms with van der Waals surface area (Å²) in [6.45, 7) is 2.05. The second-order valence-electron chi connectivity index (χ2n) is 4.28. The van der Waals surface area contributed by atoms with Gasteiger partial charge in [-0.15, -0.1) is 0 Å². The molecule has 0 radical (unpaired) electrons. The van der Waals surface area contributed by atoms with E-state index in [0.717, 1.165) is 0 Å². The number of aliphatic hydroxyl groups excluding tert-OH is 1. The van der Waals surface area contributed by atoms with Gasteiger partial charge in [-0.2, -0.15) is 0 Å². The Hall–Kier alpha value is -1.01. The van der Waals surface area contributed by atoms with Gasteiger partial charge in [-0.1, -0.05) is 23.2 Å². The Bertz CT molecular complexity index is 457. The highest BCUT2D eigenvalue weighted by Gasteiger charge is 2.13. The zero-order valence-electron chi connectivity index (χ0n) is 11.3. The molecular weight excluding hydrogens is 303 g/mol. The molecule has 0 aliphatic rings. The van der Waals surface area contributed by atoms with Crippen molar-refractivity contribution in [1.82, 2.24) is 10.6 Å². The van der Waals surface area contributed by atoms with Crippen LogP contribution in [0, 0.1) is 0 Å². The van der Waals surface area contributed by atoms with Crippen LogP contribution < -0.4 is 15.4 Å². The van der Waals surface area contributed by atoms with E-state index in [1.807, 2.05) is 0 Å². The van der Waals surface area contributed by atoms with E-state index in [4.69, 9.17) is 27.9 Å². The van der Waals surface area contributed by atoms with Gasteiger partial charge in [-0.05, 0) is 19.1 Å². The molecule has 0 saturated carbocycles. The van der Waals surface area contributed by atoms with Gasteiger partial charge in [0, 0.05) is 19.7 Å². The van der Waals surface area contributed by atoms with E-state index in [1.54, 1.807) is 32.2 Å². The Morgan fingerprint density at radius 3 is 2.70 bits per heavy atom. The quantitative estimate of drug-likeness (QED) is 0.711. The van der Waals surface area contributed by atoms with Gasteiger partial charge in [-0.25, -0.2) is 0 Å². The molecule has 112 valence electrons. The first-order valence-electron chi connectivity index (χ1n) is 6.15. The van der Waals surface area contributed by atoms with Crippen LogP contribution in [-0.4, -0.2) is 43.4 Å². The third-order valence-electron chi connectivity index (χ3n) is 2.63. The fourth-order valence-electron chi connectivity index (χ4n) is 1.44. The predicted molar refractivity (Wildman–Crippen MR) is 79.5 cm³/mol. The number of halogens is 2. The SMILES string of the molecule is CNC(=O)C(C)NCC(O)COc1ccc(Cl)c(Cl)c1. The lowest BCUT2D eigenvalue weighted by molar-refractivity contribution is -0.122. The second-order valence-corrected chi connectivity index (χ2v) is 5.10. The summed E-state index contributed by atoms with van der Waals surface area (Å²) < 4.78 is 5.39. The molecule has 0 aliphatic carbocycles. The number of carbonyl (C=O) groups excluding carboxylic acids is 1. The lowest BCUT2D eigenvalue weighted by Gasteiger charge is -2.16. The number of hydrogen-bond donors (Lipinski definition) is 3. The average Bonchev–Trinajstić information content (AvgIpc) is 2.45. The summed E-state index contributed by atoms with van der Waals surface area (Å²) in [6.07, 6.45) is -0.739. The van der Waals surface area contributed by atoms with Gasteiger partial charge in [0.1, 0.15) is 18.5 Å². The maximum atomic E-state index is 11.3. The molecule has 5 nitrogen and oxygen atoms in total. The third kappa shape index (κ3) is 5.54. The number of nitrogens with one attached hydrogen (secondary N) is 2. The van der Waals surface area contributed by atoms with Crippen molar-refractivity contribution >= 4 is 29.1 Å². The monoisotopic (exact) mass is 320 g/mol.